The van der Waals surface area contributed by atoms with Crippen LogP contribution in [0.15, 0.2) is 84.4 Å². The normalized spacial score (nSPS) is 17.3. The Morgan fingerprint density at radius 1 is 0.800 bits per heavy atom. The number of carbonyl (C=O) groups is 5. The number of hydrazine groups is 1. The molecule has 45 heavy (non-hydrogen) atoms. The number of allylic oxidation sites excluding steroid dienone is 2. The molecular formula is C31H24N4O10. The van der Waals surface area contributed by atoms with Gasteiger partial charge in [0.1, 0.15) is 12.3 Å². The lowest BCUT2D eigenvalue weighted by Gasteiger charge is -2.30. The molecule has 0 aromatic heterocycles. The van der Waals surface area contributed by atoms with E-state index >= 15 is 0 Å². The molecule has 14 nitrogen and oxygen atoms in total. The fourth-order valence-corrected chi connectivity index (χ4v) is 5.19. The van der Waals surface area contributed by atoms with Crippen LogP contribution in [0, 0.1) is 32.1 Å². The summed E-state index contributed by atoms with van der Waals surface area (Å²) in [5.74, 6) is -4.87. The number of nitro groups is 2. The first-order valence-electron chi connectivity index (χ1n) is 13.6. The van der Waals surface area contributed by atoms with E-state index in [1.165, 1.54) is 48.5 Å². The number of benzene rings is 3. The number of rotatable bonds is 9. The summed E-state index contributed by atoms with van der Waals surface area (Å²) in [5, 5.41) is 23.4. The first-order valence-corrected chi connectivity index (χ1v) is 13.6. The summed E-state index contributed by atoms with van der Waals surface area (Å²) in [6.45, 7) is 1.13. The lowest BCUT2D eigenvalue weighted by Crippen LogP contribution is -2.52. The van der Waals surface area contributed by atoms with Crippen LogP contribution in [0.5, 0.6) is 5.75 Å². The van der Waals surface area contributed by atoms with Crippen molar-refractivity contribution in [3.8, 4) is 5.75 Å². The average molecular weight is 613 g/mol. The van der Waals surface area contributed by atoms with E-state index in [2.05, 4.69) is 0 Å². The minimum absolute atomic E-state index is 0.0607. The number of nitro benzene ring substituents is 2. The molecule has 0 saturated carbocycles. The van der Waals surface area contributed by atoms with Crippen LogP contribution in [-0.4, -0.2) is 55.9 Å². The highest BCUT2D eigenvalue weighted by Crippen LogP contribution is 2.38. The molecule has 0 spiro atoms. The van der Waals surface area contributed by atoms with Gasteiger partial charge in [-0.05, 0) is 68.3 Å². The molecule has 14 heteroatoms. The van der Waals surface area contributed by atoms with Crippen molar-refractivity contribution in [2.45, 2.75) is 19.8 Å². The molecule has 0 unspecified atom stereocenters. The van der Waals surface area contributed by atoms with Crippen molar-refractivity contribution in [2.24, 2.45) is 11.8 Å². The largest absolute Gasteiger partial charge is 0.423 e. The Kier molecular flexibility index (Phi) is 8.30. The van der Waals surface area contributed by atoms with E-state index in [1.807, 2.05) is 13.0 Å². The molecule has 3 aromatic rings. The van der Waals surface area contributed by atoms with Crippen LogP contribution in [-0.2, 0) is 9.59 Å². The standard InChI is InChI=1S/C31H24N4O10/c1-18-2-15-25-26(16-18)30(39)33(29(25)38)32(28(37)20-3-9-22(10-4-20)34(41)42)17-27(36)19-7-13-24(14-8-19)45-31(40)21-5-11-23(12-6-21)35(43)44/h2-14,25-26H,15-17H2,1H3/t25-,26+/m1/s1. The Hall–Kier alpha value is -6.05. The quantitative estimate of drug-likeness (QED) is 0.0641. The van der Waals surface area contributed by atoms with Gasteiger partial charge in [0.25, 0.3) is 29.1 Å². The fraction of sp³-hybridized carbons (Fsp3) is 0.194. The van der Waals surface area contributed by atoms with Gasteiger partial charge >= 0.3 is 5.97 Å². The van der Waals surface area contributed by atoms with E-state index in [0.29, 0.717) is 17.9 Å². The topological polar surface area (TPSA) is 187 Å². The fourth-order valence-electron chi connectivity index (χ4n) is 5.19. The summed E-state index contributed by atoms with van der Waals surface area (Å²) < 4.78 is 5.28. The number of hydrogen-bond donors (Lipinski definition) is 0. The van der Waals surface area contributed by atoms with Gasteiger partial charge in [-0.3, -0.25) is 39.4 Å². The summed E-state index contributed by atoms with van der Waals surface area (Å²) in [5.41, 5.74) is 0.514. The summed E-state index contributed by atoms with van der Waals surface area (Å²) in [6, 6.07) is 14.7. The molecule has 1 aliphatic carbocycles. The Bertz CT molecular complexity index is 1770. The molecular weight excluding hydrogens is 588 g/mol. The van der Waals surface area contributed by atoms with Crippen molar-refractivity contribution >= 4 is 40.8 Å². The summed E-state index contributed by atoms with van der Waals surface area (Å²) >= 11 is 0. The van der Waals surface area contributed by atoms with E-state index in [0.717, 1.165) is 34.8 Å². The number of ether oxygens (including phenoxy) is 1. The van der Waals surface area contributed by atoms with Crippen LogP contribution in [0.2, 0.25) is 0 Å². The Morgan fingerprint density at radius 2 is 1.31 bits per heavy atom. The van der Waals surface area contributed by atoms with Gasteiger partial charge < -0.3 is 4.74 Å². The van der Waals surface area contributed by atoms with Crippen LogP contribution in [0.4, 0.5) is 11.4 Å². The Balaban J connectivity index is 1.36. The second-order valence-corrected chi connectivity index (χ2v) is 10.5. The molecule has 5 rings (SSSR count). The van der Waals surface area contributed by atoms with E-state index in [1.54, 1.807) is 0 Å². The molecule has 2 atom stereocenters. The van der Waals surface area contributed by atoms with E-state index in [9.17, 15) is 44.2 Å². The van der Waals surface area contributed by atoms with Gasteiger partial charge in [0.05, 0.1) is 27.2 Å². The van der Waals surface area contributed by atoms with Gasteiger partial charge in [-0.25, -0.2) is 9.80 Å². The number of ketones is 1. The van der Waals surface area contributed by atoms with E-state index < -0.39 is 57.7 Å². The van der Waals surface area contributed by atoms with Gasteiger partial charge in [-0.2, -0.15) is 5.01 Å². The molecule has 1 fully saturated rings. The minimum Gasteiger partial charge on any atom is -0.423 e. The van der Waals surface area contributed by atoms with Crippen LogP contribution >= 0.6 is 0 Å². The van der Waals surface area contributed by atoms with Gasteiger partial charge in [0, 0.05) is 35.4 Å². The van der Waals surface area contributed by atoms with Gasteiger partial charge in [-0.15, -0.1) is 0 Å². The molecule has 228 valence electrons. The Labute approximate surface area is 254 Å². The van der Waals surface area contributed by atoms with Gasteiger partial charge in [0.2, 0.25) is 0 Å². The van der Waals surface area contributed by atoms with Gasteiger partial charge in [-0.1, -0.05) is 11.6 Å². The predicted molar refractivity (Wildman–Crippen MR) is 155 cm³/mol. The molecule has 0 bridgehead atoms. The third-order valence-electron chi connectivity index (χ3n) is 7.59. The highest BCUT2D eigenvalue weighted by atomic mass is 16.6. The molecule has 1 saturated heterocycles. The van der Waals surface area contributed by atoms with Crippen LogP contribution in [0.1, 0.15) is 50.8 Å². The van der Waals surface area contributed by atoms with Crippen molar-refractivity contribution in [3.63, 3.8) is 0 Å². The molecule has 3 aromatic carbocycles. The van der Waals surface area contributed by atoms with Crippen LogP contribution in [0.3, 0.4) is 0 Å². The summed E-state index contributed by atoms with van der Waals surface area (Å²) in [6.07, 6.45) is 2.50. The maximum atomic E-state index is 13.7. The first kappa shape index (κ1) is 30.4. The number of non-ortho nitro benzene ring substituents is 2. The van der Waals surface area contributed by atoms with Crippen molar-refractivity contribution < 1.29 is 38.6 Å². The number of Topliss-reactive ketones (excluding diaryl/α,β-unsaturated/α-hetero) is 1. The van der Waals surface area contributed by atoms with Crippen molar-refractivity contribution in [2.75, 3.05) is 6.54 Å². The molecule has 0 radical (unpaired) electrons. The maximum absolute atomic E-state index is 13.7. The number of imide groups is 1. The number of nitrogens with zero attached hydrogens (tertiary/aromatic N) is 4. The first-order chi connectivity index (χ1) is 21.4. The molecule has 0 N–H and O–H groups in total. The monoisotopic (exact) mass is 612 g/mol. The van der Waals surface area contributed by atoms with Crippen molar-refractivity contribution in [1.29, 1.82) is 0 Å². The lowest BCUT2D eigenvalue weighted by atomic mass is 9.82. The third kappa shape index (κ3) is 6.20. The second-order valence-electron chi connectivity index (χ2n) is 10.5. The number of esters is 1. The van der Waals surface area contributed by atoms with Crippen molar-refractivity contribution in [1.82, 2.24) is 10.0 Å². The second kappa shape index (κ2) is 12.3. The zero-order valence-corrected chi connectivity index (χ0v) is 23.7. The lowest BCUT2D eigenvalue weighted by molar-refractivity contribution is -0.385. The van der Waals surface area contributed by atoms with Crippen LogP contribution in [0.25, 0.3) is 0 Å². The number of fused-ring (bicyclic) bond motifs is 1. The minimum atomic E-state index is -0.878. The predicted octanol–water partition coefficient (Wildman–Crippen LogP) is 4.30. The number of amides is 3. The van der Waals surface area contributed by atoms with E-state index in [-0.39, 0.29) is 33.8 Å². The highest BCUT2D eigenvalue weighted by Gasteiger charge is 2.51. The molecule has 1 heterocycles. The third-order valence-corrected chi connectivity index (χ3v) is 7.59. The SMILES string of the molecule is CC1=CC[C@H]2C(=O)N(N(CC(=O)c3ccc(OC(=O)c4ccc([N+](=O)[O-])cc4)cc3)C(=O)c3ccc([N+](=O)[O-])cc3)C(=O)[C@H]2C1. The summed E-state index contributed by atoms with van der Waals surface area (Å²) in [7, 11) is 0. The molecule has 2 aliphatic rings. The summed E-state index contributed by atoms with van der Waals surface area (Å²) in [4.78, 5) is 87.0. The van der Waals surface area contributed by atoms with Crippen LogP contribution < -0.4 is 4.74 Å². The Morgan fingerprint density at radius 3 is 1.87 bits per heavy atom. The molecule has 3 amide bonds. The number of carbonyl (C=O) groups excluding carboxylic acids is 5. The zero-order chi connectivity index (χ0) is 32.4. The average Bonchev–Trinajstić information content (AvgIpc) is 3.27. The smallest absolute Gasteiger partial charge is 0.343 e. The highest BCUT2D eigenvalue weighted by molar-refractivity contribution is 6.10. The molecule has 1 aliphatic heterocycles. The zero-order valence-electron chi connectivity index (χ0n) is 23.7. The van der Waals surface area contributed by atoms with Gasteiger partial charge in [0.15, 0.2) is 5.78 Å². The van der Waals surface area contributed by atoms with Crippen molar-refractivity contribution in [3.05, 3.63) is 121 Å². The maximum Gasteiger partial charge on any atom is 0.343 e. The van der Waals surface area contributed by atoms with E-state index in [4.69, 9.17) is 4.74 Å². The number of hydrogen-bond acceptors (Lipinski definition) is 10.